The Morgan fingerprint density at radius 1 is 1.10 bits per heavy atom. The van der Waals surface area contributed by atoms with Gasteiger partial charge in [0.05, 0.1) is 5.56 Å². The fourth-order valence-electron chi connectivity index (χ4n) is 1.70. The number of halogens is 2. The molecule has 0 saturated heterocycles. The van der Waals surface area contributed by atoms with E-state index in [0.717, 1.165) is 18.2 Å². The van der Waals surface area contributed by atoms with Crippen molar-refractivity contribution >= 4 is 32.9 Å². The molecule has 2 aromatic carbocycles. The third-order valence-electron chi connectivity index (χ3n) is 2.61. The highest BCUT2D eigenvalue weighted by Crippen LogP contribution is 2.22. The van der Waals surface area contributed by atoms with Gasteiger partial charge in [0.1, 0.15) is 21.5 Å². The van der Waals surface area contributed by atoms with Gasteiger partial charge in [-0.15, -0.1) is 0 Å². The van der Waals surface area contributed by atoms with E-state index in [1.807, 2.05) is 0 Å². The maximum atomic E-state index is 13.7. The number of rotatable bonds is 4. The molecular formula is C13H10F2N2O2S2. The number of sulfonamides is 1. The lowest BCUT2D eigenvalue weighted by atomic mass is 10.2. The Labute approximate surface area is 125 Å². The summed E-state index contributed by atoms with van der Waals surface area (Å²) in [5, 5.41) is 0. The lowest BCUT2D eigenvalue weighted by Crippen LogP contribution is -2.21. The van der Waals surface area contributed by atoms with Crippen molar-refractivity contribution in [1.82, 2.24) is 0 Å². The minimum atomic E-state index is -4.10. The number of nitrogens with two attached hydrogens (primary N) is 1. The second-order valence-corrected chi connectivity index (χ2v) is 6.18. The van der Waals surface area contributed by atoms with E-state index in [1.54, 1.807) is 0 Å². The Morgan fingerprint density at radius 2 is 1.71 bits per heavy atom. The first-order valence-corrected chi connectivity index (χ1v) is 7.57. The molecule has 3 N–H and O–H groups in total. The van der Waals surface area contributed by atoms with E-state index in [9.17, 15) is 17.2 Å². The molecule has 4 nitrogen and oxygen atoms in total. The van der Waals surface area contributed by atoms with Gasteiger partial charge >= 0.3 is 0 Å². The van der Waals surface area contributed by atoms with E-state index in [-0.39, 0.29) is 21.1 Å². The van der Waals surface area contributed by atoms with E-state index in [0.29, 0.717) is 0 Å². The topological polar surface area (TPSA) is 72.2 Å². The zero-order valence-corrected chi connectivity index (χ0v) is 12.1. The third kappa shape index (κ3) is 3.34. The van der Waals surface area contributed by atoms with Gasteiger partial charge in [-0.1, -0.05) is 18.3 Å². The SMILES string of the molecule is NC(=S)c1c(F)cccc1S(=O)(=O)Nc1ccc(F)cc1. The first kappa shape index (κ1) is 15.3. The number of hydrogen-bond donors (Lipinski definition) is 2. The molecule has 0 atom stereocenters. The van der Waals surface area contributed by atoms with Gasteiger partial charge in [0, 0.05) is 5.69 Å². The average Bonchev–Trinajstić information content (AvgIpc) is 2.40. The number of benzene rings is 2. The number of anilines is 1. The molecule has 0 fully saturated rings. The molecule has 0 radical (unpaired) electrons. The van der Waals surface area contributed by atoms with E-state index >= 15 is 0 Å². The van der Waals surface area contributed by atoms with Crippen LogP contribution >= 0.6 is 12.2 Å². The summed E-state index contributed by atoms with van der Waals surface area (Å²) in [7, 11) is -4.10. The standard InChI is InChI=1S/C13H10F2N2O2S2/c14-8-4-6-9(7-5-8)17-21(18,19)11-3-1-2-10(15)12(11)13(16)20/h1-7,17H,(H2,16,20). The van der Waals surface area contributed by atoms with Gasteiger partial charge < -0.3 is 5.73 Å². The van der Waals surface area contributed by atoms with Crippen molar-refractivity contribution in [2.45, 2.75) is 4.90 Å². The smallest absolute Gasteiger partial charge is 0.262 e. The van der Waals surface area contributed by atoms with Crippen LogP contribution in [0.2, 0.25) is 0 Å². The lowest BCUT2D eigenvalue weighted by molar-refractivity contribution is 0.594. The largest absolute Gasteiger partial charge is 0.389 e. The minimum absolute atomic E-state index is 0.134. The second-order valence-electron chi connectivity index (χ2n) is 4.09. The summed E-state index contributed by atoms with van der Waals surface area (Å²) in [4.78, 5) is -0.744. The summed E-state index contributed by atoms with van der Waals surface area (Å²) in [6.07, 6.45) is 0. The van der Waals surface area contributed by atoms with Gasteiger partial charge in [0.25, 0.3) is 10.0 Å². The van der Waals surface area contributed by atoms with Crippen LogP contribution in [0.4, 0.5) is 14.5 Å². The van der Waals surface area contributed by atoms with Crippen molar-refractivity contribution in [3.63, 3.8) is 0 Å². The Bertz CT molecular complexity index is 790. The quantitative estimate of drug-likeness (QED) is 0.846. The molecule has 21 heavy (non-hydrogen) atoms. The van der Waals surface area contributed by atoms with Crippen LogP contribution in [-0.4, -0.2) is 13.4 Å². The first-order chi connectivity index (χ1) is 9.81. The molecule has 2 aromatic rings. The Kier molecular flexibility index (Phi) is 4.19. The van der Waals surface area contributed by atoms with Crippen LogP contribution in [-0.2, 0) is 10.0 Å². The van der Waals surface area contributed by atoms with Crippen LogP contribution in [0.15, 0.2) is 47.4 Å². The summed E-state index contributed by atoms with van der Waals surface area (Å²) in [5.74, 6) is -1.34. The molecule has 8 heteroatoms. The highest BCUT2D eigenvalue weighted by Gasteiger charge is 2.22. The van der Waals surface area contributed by atoms with Gasteiger partial charge in [-0.3, -0.25) is 4.72 Å². The predicted octanol–water partition coefficient (Wildman–Crippen LogP) is 2.40. The molecular weight excluding hydrogens is 318 g/mol. The summed E-state index contributed by atoms with van der Waals surface area (Å²) in [6.45, 7) is 0. The molecule has 0 amide bonds. The molecule has 0 spiro atoms. The van der Waals surface area contributed by atoms with Gasteiger partial charge in [-0.2, -0.15) is 0 Å². The second kappa shape index (κ2) is 5.74. The number of thiocarbonyl (C=S) groups is 1. The maximum Gasteiger partial charge on any atom is 0.262 e. The van der Waals surface area contributed by atoms with Crippen molar-refractivity contribution in [3.05, 3.63) is 59.7 Å². The molecule has 0 aromatic heterocycles. The van der Waals surface area contributed by atoms with Crippen LogP contribution in [0.5, 0.6) is 0 Å². The molecule has 0 bridgehead atoms. The molecule has 2 rings (SSSR count). The van der Waals surface area contributed by atoms with E-state index in [2.05, 4.69) is 16.9 Å². The summed E-state index contributed by atoms with van der Waals surface area (Å²) in [6, 6.07) is 8.15. The highest BCUT2D eigenvalue weighted by atomic mass is 32.2. The van der Waals surface area contributed by atoms with Crippen molar-refractivity contribution < 1.29 is 17.2 Å². The molecule has 0 heterocycles. The first-order valence-electron chi connectivity index (χ1n) is 5.68. The molecule has 0 aliphatic heterocycles. The van der Waals surface area contributed by atoms with E-state index < -0.39 is 21.7 Å². The zero-order valence-electron chi connectivity index (χ0n) is 10.5. The van der Waals surface area contributed by atoms with Crippen LogP contribution in [0.25, 0.3) is 0 Å². The van der Waals surface area contributed by atoms with Gasteiger partial charge in [-0.05, 0) is 36.4 Å². The van der Waals surface area contributed by atoms with Crippen molar-refractivity contribution in [2.24, 2.45) is 5.73 Å². The maximum absolute atomic E-state index is 13.7. The molecule has 0 unspecified atom stereocenters. The summed E-state index contributed by atoms with van der Waals surface area (Å²) >= 11 is 4.68. The Balaban J connectivity index is 2.47. The van der Waals surface area contributed by atoms with Gasteiger partial charge in [-0.25, -0.2) is 17.2 Å². The molecule has 0 aliphatic carbocycles. The van der Waals surface area contributed by atoms with Crippen molar-refractivity contribution in [2.75, 3.05) is 4.72 Å². The fraction of sp³-hybridized carbons (Fsp3) is 0. The Morgan fingerprint density at radius 3 is 2.29 bits per heavy atom. The fourth-order valence-corrected chi connectivity index (χ4v) is 3.26. The zero-order chi connectivity index (χ0) is 15.6. The minimum Gasteiger partial charge on any atom is -0.389 e. The normalized spacial score (nSPS) is 11.1. The molecule has 0 aliphatic rings. The number of hydrogen-bond acceptors (Lipinski definition) is 3. The van der Waals surface area contributed by atoms with Crippen molar-refractivity contribution in [1.29, 1.82) is 0 Å². The molecule has 0 saturated carbocycles. The van der Waals surface area contributed by atoms with Gasteiger partial charge in [0.2, 0.25) is 0 Å². The van der Waals surface area contributed by atoms with Crippen LogP contribution < -0.4 is 10.5 Å². The lowest BCUT2D eigenvalue weighted by Gasteiger charge is -2.12. The van der Waals surface area contributed by atoms with Crippen molar-refractivity contribution in [3.8, 4) is 0 Å². The predicted molar refractivity (Wildman–Crippen MR) is 79.5 cm³/mol. The summed E-state index contributed by atoms with van der Waals surface area (Å²) < 4.78 is 53.3. The average molecular weight is 328 g/mol. The van der Waals surface area contributed by atoms with E-state index in [1.165, 1.54) is 24.3 Å². The van der Waals surface area contributed by atoms with E-state index in [4.69, 9.17) is 5.73 Å². The van der Waals surface area contributed by atoms with Gasteiger partial charge in [0.15, 0.2) is 0 Å². The number of nitrogens with one attached hydrogen (secondary N) is 1. The highest BCUT2D eigenvalue weighted by molar-refractivity contribution is 7.93. The summed E-state index contributed by atoms with van der Waals surface area (Å²) in [5.41, 5.74) is 5.15. The van der Waals surface area contributed by atoms with Crippen LogP contribution in [0.1, 0.15) is 5.56 Å². The Hall–Kier alpha value is -2.06. The van der Waals surface area contributed by atoms with Crippen LogP contribution in [0.3, 0.4) is 0 Å². The monoisotopic (exact) mass is 328 g/mol. The molecule has 110 valence electrons. The van der Waals surface area contributed by atoms with Crippen LogP contribution in [0, 0.1) is 11.6 Å². The third-order valence-corrected chi connectivity index (χ3v) is 4.24.